The fraction of sp³-hybridized carbons (Fsp3) is 0.133. The summed E-state index contributed by atoms with van der Waals surface area (Å²) in [5.41, 5.74) is 2.68. The molecule has 0 bridgehead atoms. The van der Waals surface area contributed by atoms with Crippen molar-refractivity contribution in [2.75, 3.05) is 5.88 Å². The number of rotatable bonds is 3. The third-order valence-corrected chi connectivity index (χ3v) is 4.67. The van der Waals surface area contributed by atoms with Crippen LogP contribution >= 0.6 is 50.7 Å². The minimum Gasteiger partial charge on any atom is -0.295 e. The van der Waals surface area contributed by atoms with Gasteiger partial charge in [0.05, 0.1) is 26.8 Å². The van der Waals surface area contributed by atoms with E-state index in [9.17, 15) is 0 Å². The standard InChI is InChI=1S/C15H10BrCl3N2/c16-9-4-5-12-11(8-9)20-14(6-7-17)21(12)13-3-1-2-10(18)15(13)19/h1-5,8H,6-7H2. The van der Waals surface area contributed by atoms with Gasteiger partial charge in [-0.15, -0.1) is 11.6 Å². The highest BCUT2D eigenvalue weighted by molar-refractivity contribution is 9.10. The van der Waals surface area contributed by atoms with Crippen molar-refractivity contribution in [2.45, 2.75) is 6.42 Å². The van der Waals surface area contributed by atoms with Gasteiger partial charge in [-0.2, -0.15) is 0 Å². The van der Waals surface area contributed by atoms with Crippen LogP contribution in [0.25, 0.3) is 16.7 Å². The van der Waals surface area contributed by atoms with E-state index in [1.165, 1.54) is 0 Å². The lowest BCUT2D eigenvalue weighted by Crippen LogP contribution is -2.03. The first-order chi connectivity index (χ1) is 10.1. The molecule has 0 aliphatic carbocycles. The van der Waals surface area contributed by atoms with E-state index < -0.39 is 0 Å². The molecule has 0 amide bonds. The van der Waals surface area contributed by atoms with E-state index in [-0.39, 0.29) is 0 Å². The molecule has 108 valence electrons. The molecule has 0 N–H and O–H groups in total. The van der Waals surface area contributed by atoms with Crippen LogP contribution in [0.15, 0.2) is 40.9 Å². The lowest BCUT2D eigenvalue weighted by molar-refractivity contribution is 0.912. The molecule has 3 aromatic rings. The van der Waals surface area contributed by atoms with Crippen molar-refractivity contribution in [2.24, 2.45) is 0 Å². The third kappa shape index (κ3) is 2.80. The third-order valence-electron chi connectivity index (χ3n) is 3.18. The van der Waals surface area contributed by atoms with Crippen molar-refractivity contribution >= 4 is 61.8 Å². The predicted octanol–water partition coefficient (Wildman–Crippen LogP) is 5.88. The Morgan fingerprint density at radius 3 is 2.71 bits per heavy atom. The van der Waals surface area contributed by atoms with Crippen molar-refractivity contribution in [1.29, 1.82) is 0 Å². The molecule has 21 heavy (non-hydrogen) atoms. The summed E-state index contributed by atoms with van der Waals surface area (Å²) in [4.78, 5) is 4.66. The Morgan fingerprint density at radius 2 is 1.95 bits per heavy atom. The zero-order valence-electron chi connectivity index (χ0n) is 10.8. The van der Waals surface area contributed by atoms with Gasteiger partial charge in [-0.3, -0.25) is 4.57 Å². The van der Waals surface area contributed by atoms with E-state index in [0.29, 0.717) is 22.3 Å². The summed E-state index contributed by atoms with van der Waals surface area (Å²) in [7, 11) is 0. The molecular formula is C15H10BrCl3N2. The van der Waals surface area contributed by atoms with Crippen LogP contribution in [-0.4, -0.2) is 15.4 Å². The minimum absolute atomic E-state index is 0.489. The van der Waals surface area contributed by atoms with Crippen molar-refractivity contribution in [1.82, 2.24) is 9.55 Å². The van der Waals surface area contributed by atoms with Crippen molar-refractivity contribution in [3.63, 3.8) is 0 Å². The second-order valence-corrected chi connectivity index (χ2v) is 6.59. The van der Waals surface area contributed by atoms with Crippen molar-refractivity contribution in [3.8, 4) is 5.69 Å². The van der Waals surface area contributed by atoms with Gasteiger partial charge >= 0.3 is 0 Å². The summed E-state index contributed by atoms with van der Waals surface area (Å²) in [6.07, 6.45) is 0.650. The van der Waals surface area contributed by atoms with Crippen molar-refractivity contribution < 1.29 is 0 Å². The zero-order chi connectivity index (χ0) is 15.0. The van der Waals surface area contributed by atoms with E-state index in [0.717, 1.165) is 27.0 Å². The van der Waals surface area contributed by atoms with Crippen LogP contribution in [0.1, 0.15) is 5.82 Å². The molecule has 0 spiro atoms. The molecule has 2 aromatic carbocycles. The van der Waals surface area contributed by atoms with Gasteiger partial charge in [0, 0.05) is 16.8 Å². The highest BCUT2D eigenvalue weighted by atomic mass is 79.9. The molecule has 0 aliphatic rings. The molecule has 0 atom stereocenters. The van der Waals surface area contributed by atoms with Crippen LogP contribution in [0.4, 0.5) is 0 Å². The molecule has 0 unspecified atom stereocenters. The number of aryl methyl sites for hydroxylation is 1. The summed E-state index contributed by atoms with van der Waals surface area (Å²) in [5, 5.41) is 1.03. The molecule has 0 fully saturated rings. The molecule has 1 aromatic heterocycles. The molecule has 0 radical (unpaired) electrons. The Morgan fingerprint density at radius 1 is 1.14 bits per heavy atom. The van der Waals surface area contributed by atoms with Gasteiger partial charge in [0.15, 0.2) is 0 Å². The summed E-state index contributed by atoms with van der Waals surface area (Å²) >= 11 is 21.9. The topological polar surface area (TPSA) is 17.8 Å². The van der Waals surface area contributed by atoms with Crippen LogP contribution in [0.5, 0.6) is 0 Å². The van der Waals surface area contributed by atoms with Crippen LogP contribution in [0.2, 0.25) is 10.0 Å². The van der Waals surface area contributed by atoms with Gasteiger partial charge in [-0.05, 0) is 30.3 Å². The van der Waals surface area contributed by atoms with Crippen LogP contribution in [0, 0.1) is 0 Å². The summed E-state index contributed by atoms with van der Waals surface area (Å²) in [5.74, 6) is 1.35. The number of imidazole rings is 1. The van der Waals surface area contributed by atoms with E-state index in [1.54, 1.807) is 6.07 Å². The normalized spacial score (nSPS) is 11.2. The molecule has 2 nitrogen and oxygen atoms in total. The Labute approximate surface area is 145 Å². The summed E-state index contributed by atoms with van der Waals surface area (Å²) in [6.45, 7) is 0. The minimum atomic E-state index is 0.489. The Bertz CT molecular complexity index is 814. The number of hydrogen-bond acceptors (Lipinski definition) is 1. The SMILES string of the molecule is ClCCc1nc2cc(Br)ccc2n1-c1cccc(Cl)c1Cl. The van der Waals surface area contributed by atoms with Gasteiger partial charge in [0.2, 0.25) is 0 Å². The van der Waals surface area contributed by atoms with Crippen LogP contribution < -0.4 is 0 Å². The van der Waals surface area contributed by atoms with E-state index in [1.807, 2.05) is 34.9 Å². The van der Waals surface area contributed by atoms with Gasteiger partial charge in [-0.25, -0.2) is 4.98 Å². The number of alkyl halides is 1. The Balaban J connectivity index is 2.33. The Kier molecular flexibility index (Phi) is 4.46. The highest BCUT2D eigenvalue weighted by Crippen LogP contribution is 2.32. The van der Waals surface area contributed by atoms with E-state index in [4.69, 9.17) is 34.8 Å². The van der Waals surface area contributed by atoms with Crippen LogP contribution in [0.3, 0.4) is 0 Å². The van der Waals surface area contributed by atoms with Gasteiger partial charge in [0.25, 0.3) is 0 Å². The maximum Gasteiger partial charge on any atom is 0.115 e. The molecule has 0 saturated heterocycles. The lowest BCUT2D eigenvalue weighted by atomic mass is 10.2. The number of benzene rings is 2. The second-order valence-electron chi connectivity index (χ2n) is 4.51. The fourth-order valence-electron chi connectivity index (χ4n) is 2.29. The first-order valence-corrected chi connectivity index (χ1v) is 8.37. The molecule has 3 rings (SSSR count). The maximum atomic E-state index is 6.37. The highest BCUT2D eigenvalue weighted by Gasteiger charge is 2.15. The maximum absolute atomic E-state index is 6.37. The predicted molar refractivity (Wildman–Crippen MR) is 93.2 cm³/mol. The van der Waals surface area contributed by atoms with Crippen LogP contribution in [-0.2, 0) is 6.42 Å². The number of fused-ring (bicyclic) bond motifs is 1. The molecular weight excluding hydrogens is 394 g/mol. The molecule has 1 heterocycles. The second kappa shape index (κ2) is 6.17. The number of nitrogens with zero attached hydrogens (tertiary/aromatic N) is 2. The largest absolute Gasteiger partial charge is 0.295 e. The zero-order valence-corrected chi connectivity index (χ0v) is 14.6. The first-order valence-electron chi connectivity index (χ1n) is 6.29. The first kappa shape index (κ1) is 15.2. The molecule has 6 heteroatoms. The van der Waals surface area contributed by atoms with E-state index >= 15 is 0 Å². The van der Waals surface area contributed by atoms with E-state index in [2.05, 4.69) is 20.9 Å². The van der Waals surface area contributed by atoms with Gasteiger partial charge in [0.1, 0.15) is 5.82 Å². The van der Waals surface area contributed by atoms with Gasteiger partial charge in [-0.1, -0.05) is 45.2 Å². The average molecular weight is 405 g/mol. The molecule has 0 saturated carbocycles. The number of hydrogen-bond donors (Lipinski definition) is 0. The summed E-state index contributed by atoms with van der Waals surface area (Å²) < 4.78 is 2.99. The quantitative estimate of drug-likeness (QED) is 0.499. The fourth-order valence-corrected chi connectivity index (χ4v) is 3.19. The van der Waals surface area contributed by atoms with Gasteiger partial charge < -0.3 is 0 Å². The Hall–Kier alpha value is -0.740. The molecule has 0 aliphatic heterocycles. The number of halogens is 4. The lowest BCUT2D eigenvalue weighted by Gasteiger charge is -2.11. The average Bonchev–Trinajstić information content (AvgIpc) is 2.79. The summed E-state index contributed by atoms with van der Waals surface area (Å²) in [6, 6.07) is 11.5. The smallest absolute Gasteiger partial charge is 0.115 e. The van der Waals surface area contributed by atoms with Crippen molar-refractivity contribution in [3.05, 3.63) is 56.7 Å². The monoisotopic (exact) mass is 402 g/mol. The number of aromatic nitrogens is 2.